The van der Waals surface area contributed by atoms with Gasteiger partial charge in [-0.25, -0.2) is 9.97 Å². The lowest BCUT2D eigenvalue weighted by atomic mass is 10.1. The van der Waals surface area contributed by atoms with Gasteiger partial charge in [-0.3, -0.25) is 4.79 Å². The standard InChI is InChI=1S/C14H14N2O2S/c1-9-6-10(2)16-14(15-9)19-8-13(18)11-4-3-5-12(17)7-11/h3-7,17H,8H2,1-2H3. The number of benzene rings is 1. The van der Waals surface area contributed by atoms with Crippen molar-refractivity contribution in [2.75, 3.05) is 5.75 Å². The zero-order chi connectivity index (χ0) is 13.8. The number of rotatable bonds is 4. The lowest BCUT2D eigenvalue weighted by molar-refractivity contribution is 0.102. The minimum atomic E-state index is -0.0522. The van der Waals surface area contributed by atoms with E-state index in [0.717, 1.165) is 11.4 Å². The minimum absolute atomic E-state index is 0.0522. The minimum Gasteiger partial charge on any atom is -0.508 e. The van der Waals surface area contributed by atoms with Crippen molar-refractivity contribution < 1.29 is 9.90 Å². The first-order valence-electron chi connectivity index (χ1n) is 5.82. The summed E-state index contributed by atoms with van der Waals surface area (Å²) in [4.78, 5) is 20.5. The third-order valence-corrected chi connectivity index (χ3v) is 3.31. The van der Waals surface area contributed by atoms with Gasteiger partial charge < -0.3 is 5.11 Å². The van der Waals surface area contributed by atoms with Gasteiger partial charge in [0, 0.05) is 17.0 Å². The molecule has 0 fully saturated rings. The van der Waals surface area contributed by atoms with Crippen LogP contribution in [-0.2, 0) is 0 Å². The Morgan fingerprint density at radius 1 is 1.21 bits per heavy atom. The van der Waals surface area contributed by atoms with Gasteiger partial charge in [-0.15, -0.1) is 0 Å². The van der Waals surface area contributed by atoms with Crippen LogP contribution in [0.25, 0.3) is 0 Å². The van der Waals surface area contributed by atoms with Gasteiger partial charge in [0.2, 0.25) is 0 Å². The van der Waals surface area contributed by atoms with E-state index in [2.05, 4.69) is 9.97 Å². The molecule has 0 bridgehead atoms. The number of hydrogen-bond acceptors (Lipinski definition) is 5. The second-order valence-electron chi connectivity index (χ2n) is 4.20. The normalized spacial score (nSPS) is 10.4. The van der Waals surface area contributed by atoms with Crippen molar-refractivity contribution >= 4 is 17.5 Å². The molecule has 0 saturated heterocycles. The molecule has 98 valence electrons. The van der Waals surface area contributed by atoms with Crippen molar-refractivity contribution in [1.29, 1.82) is 0 Å². The van der Waals surface area contributed by atoms with Crippen LogP contribution in [-0.4, -0.2) is 26.6 Å². The van der Waals surface area contributed by atoms with Gasteiger partial charge in [0.05, 0.1) is 5.75 Å². The molecule has 2 rings (SSSR count). The highest BCUT2D eigenvalue weighted by atomic mass is 32.2. The van der Waals surface area contributed by atoms with E-state index >= 15 is 0 Å². The fraction of sp³-hybridized carbons (Fsp3) is 0.214. The second kappa shape index (κ2) is 5.84. The van der Waals surface area contributed by atoms with Gasteiger partial charge in [-0.2, -0.15) is 0 Å². The monoisotopic (exact) mass is 274 g/mol. The Balaban J connectivity index is 2.04. The average molecular weight is 274 g/mol. The third-order valence-electron chi connectivity index (χ3n) is 2.46. The number of phenols is 1. The number of phenolic OH excluding ortho intramolecular Hbond substituents is 1. The quantitative estimate of drug-likeness (QED) is 0.527. The van der Waals surface area contributed by atoms with Gasteiger partial charge in [0.1, 0.15) is 5.75 Å². The predicted molar refractivity (Wildman–Crippen MR) is 74.7 cm³/mol. The Morgan fingerprint density at radius 3 is 2.53 bits per heavy atom. The molecule has 0 amide bonds. The van der Waals surface area contributed by atoms with E-state index in [1.54, 1.807) is 12.1 Å². The number of carbonyl (C=O) groups is 1. The lowest BCUT2D eigenvalue weighted by Gasteiger charge is -2.03. The molecule has 0 unspecified atom stereocenters. The summed E-state index contributed by atoms with van der Waals surface area (Å²) in [5, 5.41) is 9.94. The Labute approximate surface area is 115 Å². The summed E-state index contributed by atoms with van der Waals surface area (Å²) in [5.41, 5.74) is 2.27. The number of Topliss-reactive ketones (excluding diaryl/α,β-unsaturated/α-hetero) is 1. The Bertz CT molecular complexity index is 594. The van der Waals surface area contributed by atoms with Gasteiger partial charge >= 0.3 is 0 Å². The van der Waals surface area contributed by atoms with Gasteiger partial charge in [-0.1, -0.05) is 23.9 Å². The summed E-state index contributed by atoms with van der Waals surface area (Å²) in [7, 11) is 0. The maximum atomic E-state index is 12.0. The number of hydrogen-bond donors (Lipinski definition) is 1. The molecule has 1 N–H and O–H groups in total. The number of thioether (sulfide) groups is 1. The molecule has 4 nitrogen and oxygen atoms in total. The molecule has 1 aromatic carbocycles. The Morgan fingerprint density at radius 2 is 1.89 bits per heavy atom. The number of aromatic hydroxyl groups is 1. The molecule has 0 atom stereocenters. The fourth-order valence-electron chi connectivity index (χ4n) is 1.65. The highest BCUT2D eigenvalue weighted by Gasteiger charge is 2.09. The number of nitrogens with zero attached hydrogens (tertiary/aromatic N) is 2. The number of aryl methyl sites for hydroxylation is 2. The van der Waals surface area contributed by atoms with Crippen LogP contribution >= 0.6 is 11.8 Å². The van der Waals surface area contributed by atoms with Crippen LogP contribution in [0.4, 0.5) is 0 Å². The maximum Gasteiger partial charge on any atom is 0.188 e. The molecule has 0 aliphatic carbocycles. The SMILES string of the molecule is Cc1cc(C)nc(SCC(=O)c2cccc(O)c2)n1. The molecule has 0 saturated carbocycles. The lowest BCUT2D eigenvalue weighted by Crippen LogP contribution is -2.03. The highest BCUT2D eigenvalue weighted by molar-refractivity contribution is 7.99. The van der Waals surface area contributed by atoms with E-state index < -0.39 is 0 Å². The van der Waals surface area contributed by atoms with Crippen LogP contribution in [0.1, 0.15) is 21.7 Å². The molecule has 0 aliphatic rings. The van der Waals surface area contributed by atoms with Crippen molar-refractivity contribution in [3.05, 3.63) is 47.3 Å². The summed E-state index contributed by atoms with van der Waals surface area (Å²) >= 11 is 1.30. The van der Waals surface area contributed by atoms with E-state index in [4.69, 9.17) is 0 Å². The van der Waals surface area contributed by atoms with Gasteiger partial charge in [0.25, 0.3) is 0 Å². The van der Waals surface area contributed by atoms with Crippen LogP contribution in [0.5, 0.6) is 5.75 Å². The van der Waals surface area contributed by atoms with Crippen LogP contribution in [0.3, 0.4) is 0 Å². The molecule has 1 heterocycles. The van der Waals surface area contributed by atoms with E-state index in [0.29, 0.717) is 10.7 Å². The zero-order valence-corrected chi connectivity index (χ0v) is 11.6. The molecular formula is C14H14N2O2S. The first-order chi connectivity index (χ1) is 9.04. The molecule has 5 heteroatoms. The van der Waals surface area contributed by atoms with Crippen molar-refractivity contribution in [3.8, 4) is 5.75 Å². The molecule has 0 spiro atoms. The molecule has 2 aromatic rings. The molecule has 0 aliphatic heterocycles. The first-order valence-corrected chi connectivity index (χ1v) is 6.80. The van der Waals surface area contributed by atoms with Crippen LogP contribution in [0.15, 0.2) is 35.5 Å². The second-order valence-corrected chi connectivity index (χ2v) is 5.14. The number of carbonyl (C=O) groups excluding carboxylic acids is 1. The van der Waals surface area contributed by atoms with E-state index in [-0.39, 0.29) is 17.3 Å². The molecule has 0 radical (unpaired) electrons. The number of aromatic nitrogens is 2. The van der Waals surface area contributed by atoms with E-state index in [1.807, 2.05) is 19.9 Å². The Hall–Kier alpha value is -1.88. The summed E-state index contributed by atoms with van der Waals surface area (Å²) in [5.74, 6) is 0.300. The average Bonchev–Trinajstić information content (AvgIpc) is 2.35. The number of ketones is 1. The molecular weight excluding hydrogens is 260 g/mol. The van der Waals surface area contributed by atoms with E-state index in [9.17, 15) is 9.90 Å². The van der Waals surface area contributed by atoms with Crippen LogP contribution < -0.4 is 0 Å². The summed E-state index contributed by atoms with van der Waals surface area (Å²) in [6.45, 7) is 3.80. The van der Waals surface area contributed by atoms with E-state index in [1.165, 1.54) is 23.9 Å². The van der Waals surface area contributed by atoms with Crippen molar-refractivity contribution in [3.63, 3.8) is 0 Å². The van der Waals surface area contributed by atoms with Crippen LogP contribution in [0.2, 0.25) is 0 Å². The zero-order valence-electron chi connectivity index (χ0n) is 10.8. The Kier molecular flexibility index (Phi) is 4.16. The van der Waals surface area contributed by atoms with Gasteiger partial charge in [0.15, 0.2) is 10.9 Å². The van der Waals surface area contributed by atoms with Gasteiger partial charge in [-0.05, 0) is 32.0 Å². The molecule has 1 aromatic heterocycles. The smallest absolute Gasteiger partial charge is 0.188 e. The van der Waals surface area contributed by atoms with Crippen molar-refractivity contribution in [1.82, 2.24) is 9.97 Å². The largest absolute Gasteiger partial charge is 0.508 e. The molecule has 19 heavy (non-hydrogen) atoms. The highest BCUT2D eigenvalue weighted by Crippen LogP contribution is 2.18. The fourth-order valence-corrected chi connectivity index (χ4v) is 2.49. The predicted octanol–water partition coefficient (Wildman–Crippen LogP) is 2.77. The van der Waals surface area contributed by atoms with Crippen molar-refractivity contribution in [2.24, 2.45) is 0 Å². The summed E-state index contributed by atoms with van der Waals surface area (Å²) in [6.07, 6.45) is 0. The summed E-state index contributed by atoms with van der Waals surface area (Å²) in [6, 6.07) is 8.23. The summed E-state index contributed by atoms with van der Waals surface area (Å²) < 4.78 is 0. The third kappa shape index (κ3) is 3.79. The van der Waals surface area contributed by atoms with Crippen molar-refractivity contribution in [2.45, 2.75) is 19.0 Å². The topological polar surface area (TPSA) is 63.1 Å². The van der Waals surface area contributed by atoms with Crippen LogP contribution in [0, 0.1) is 13.8 Å². The maximum absolute atomic E-state index is 12.0. The first kappa shape index (κ1) is 13.5.